The molecule has 0 bridgehead atoms. The van der Waals surface area contributed by atoms with Crippen molar-refractivity contribution in [1.29, 1.82) is 0 Å². The summed E-state index contributed by atoms with van der Waals surface area (Å²) < 4.78 is 0. The predicted molar refractivity (Wildman–Crippen MR) is 52.9 cm³/mol. The number of benzene rings is 1. The second-order valence-electron chi connectivity index (χ2n) is 2.12. The summed E-state index contributed by atoms with van der Waals surface area (Å²) in [7, 11) is 0. The van der Waals surface area contributed by atoms with Crippen molar-refractivity contribution in [2.75, 3.05) is 5.75 Å². The summed E-state index contributed by atoms with van der Waals surface area (Å²) in [6, 6.07) is 7.66. The van der Waals surface area contributed by atoms with Crippen LogP contribution in [0.25, 0.3) is 6.08 Å². The van der Waals surface area contributed by atoms with Gasteiger partial charge in [-0.15, -0.1) is 0 Å². The van der Waals surface area contributed by atoms with Gasteiger partial charge >= 0.3 is 0 Å². The molecule has 1 aromatic rings. The van der Waals surface area contributed by atoms with E-state index in [4.69, 9.17) is 24.2 Å². The van der Waals surface area contributed by atoms with Crippen molar-refractivity contribution < 1.29 is 0 Å². The van der Waals surface area contributed by atoms with Crippen molar-refractivity contribution in [2.45, 2.75) is 0 Å². The fourth-order valence-electron chi connectivity index (χ4n) is 0.758. The maximum absolute atomic E-state index is 5.70. The molecule has 0 aliphatic heterocycles. The number of rotatable bonds is 2. The topological polar surface area (TPSA) is 0 Å². The minimum absolute atomic E-state index is 0.655. The maximum Gasteiger partial charge on any atom is 0.0406 e. The molecule has 0 N–H and O–H groups in total. The molecule has 0 unspecified atom stereocenters. The molecule has 0 atom stereocenters. The van der Waals surface area contributed by atoms with Crippen molar-refractivity contribution >= 4 is 30.3 Å². The highest BCUT2D eigenvalue weighted by Gasteiger charge is 1.85. The van der Waals surface area contributed by atoms with Gasteiger partial charge in [0.1, 0.15) is 0 Å². The molecule has 1 aromatic carbocycles. The van der Waals surface area contributed by atoms with Crippen molar-refractivity contribution in [3.63, 3.8) is 0 Å². The second kappa shape index (κ2) is 4.47. The molecule has 0 saturated carbocycles. The lowest BCUT2D eigenvalue weighted by molar-refractivity contribution is 1.65. The van der Waals surface area contributed by atoms with Gasteiger partial charge < -0.3 is 0 Å². The fraction of sp³-hybridized carbons (Fsp3) is 0.111. The number of halogens is 1. The first-order chi connectivity index (χ1) is 5.33. The summed E-state index contributed by atoms with van der Waals surface area (Å²) >= 11 is 10.5. The molecule has 1 radical (unpaired) electrons. The van der Waals surface area contributed by atoms with Gasteiger partial charge in [0.2, 0.25) is 0 Å². The highest BCUT2D eigenvalue weighted by Crippen LogP contribution is 2.10. The van der Waals surface area contributed by atoms with Gasteiger partial charge in [0, 0.05) is 10.8 Å². The van der Waals surface area contributed by atoms with E-state index in [0.29, 0.717) is 5.75 Å². The van der Waals surface area contributed by atoms with Crippen LogP contribution in [0.4, 0.5) is 0 Å². The van der Waals surface area contributed by atoms with Gasteiger partial charge in [0.05, 0.1) is 0 Å². The smallest absolute Gasteiger partial charge is 0.0406 e. The zero-order valence-electron chi connectivity index (χ0n) is 5.96. The molecule has 57 valence electrons. The summed E-state index contributed by atoms with van der Waals surface area (Å²) in [4.78, 5) is 0. The predicted octanol–water partition coefficient (Wildman–Crippen LogP) is 3.55. The third kappa shape index (κ3) is 3.00. The van der Waals surface area contributed by atoms with E-state index in [0.717, 1.165) is 10.6 Å². The van der Waals surface area contributed by atoms with Crippen molar-refractivity contribution in [1.82, 2.24) is 0 Å². The summed E-state index contributed by atoms with van der Waals surface area (Å²) in [5.41, 5.74) is 1.14. The van der Waals surface area contributed by atoms with Gasteiger partial charge in [-0.25, -0.2) is 0 Å². The highest BCUT2D eigenvalue weighted by molar-refractivity contribution is 7.80. The van der Waals surface area contributed by atoms with Gasteiger partial charge in [-0.1, -0.05) is 48.5 Å². The fourth-order valence-corrected chi connectivity index (χ4v) is 0.980. The first-order valence-electron chi connectivity index (χ1n) is 3.33. The monoisotopic (exact) mass is 183 g/mol. The zero-order chi connectivity index (χ0) is 8.10. The Hall–Kier alpha value is -0.400. The molecule has 0 aromatic heterocycles. The van der Waals surface area contributed by atoms with E-state index in [1.165, 1.54) is 0 Å². The molecular weight excluding hydrogens is 176 g/mol. The minimum Gasteiger partial charge on any atom is -0.0897 e. The third-order valence-corrected chi connectivity index (χ3v) is 1.72. The average Bonchev–Trinajstić information content (AvgIpc) is 2.04. The normalized spacial score (nSPS) is 10.7. The average molecular weight is 184 g/mol. The summed E-state index contributed by atoms with van der Waals surface area (Å²) in [6.45, 7) is 0. The Labute approximate surface area is 77.3 Å². The molecule has 0 nitrogen and oxygen atoms in total. The zero-order valence-corrected chi connectivity index (χ0v) is 7.53. The minimum atomic E-state index is 0.655. The van der Waals surface area contributed by atoms with E-state index >= 15 is 0 Å². The lowest BCUT2D eigenvalue weighted by atomic mass is 10.2. The third-order valence-electron chi connectivity index (χ3n) is 1.28. The van der Waals surface area contributed by atoms with E-state index in [-0.39, 0.29) is 0 Å². The molecular formula is C9H8ClS. The van der Waals surface area contributed by atoms with Crippen LogP contribution in [0.3, 0.4) is 0 Å². The van der Waals surface area contributed by atoms with E-state index in [1.54, 1.807) is 0 Å². The molecule has 1 rings (SSSR count). The van der Waals surface area contributed by atoms with Crippen molar-refractivity contribution in [3.05, 3.63) is 40.9 Å². The summed E-state index contributed by atoms with van der Waals surface area (Å²) in [6.07, 6.45) is 3.93. The Morgan fingerprint density at radius 2 is 1.91 bits per heavy atom. The van der Waals surface area contributed by atoms with Crippen LogP contribution in [-0.2, 0) is 0 Å². The van der Waals surface area contributed by atoms with E-state index in [1.807, 2.05) is 36.4 Å². The summed E-state index contributed by atoms with van der Waals surface area (Å²) in [5, 5.41) is 0.764. The first-order valence-corrected chi connectivity index (χ1v) is 4.28. The Morgan fingerprint density at radius 3 is 2.45 bits per heavy atom. The molecule has 0 heterocycles. The Morgan fingerprint density at radius 1 is 1.27 bits per heavy atom. The van der Waals surface area contributed by atoms with Crippen molar-refractivity contribution in [2.24, 2.45) is 0 Å². The molecule has 0 spiro atoms. The van der Waals surface area contributed by atoms with Gasteiger partial charge in [-0.05, 0) is 17.7 Å². The Balaban J connectivity index is 2.73. The van der Waals surface area contributed by atoms with Crippen LogP contribution in [0.1, 0.15) is 5.56 Å². The van der Waals surface area contributed by atoms with Gasteiger partial charge in [0.15, 0.2) is 0 Å². The molecule has 0 amide bonds. The second-order valence-corrected chi connectivity index (χ2v) is 2.89. The van der Waals surface area contributed by atoms with Crippen LogP contribution < -0.4 is 0 Å². The lowest BCUT2D eigenvalue weighted by Gasteiger charge is -1.91. The quantitative estimate of drug-likeness (QED) is 0.658. The lowest BCUT2D eigenvalue weighted by Crippen LogP contribution is -1.70. The van der Waals surface area contributed by atoms with Crippen LogP contribution in [-0.4, -0.2) is 5.75 Å². The molecule has 2 heteroatoms. The first kappa shape index (κ1) is 8.69. The number of hydrogen-bond acceptors (Lipinski definition) is 0. The van der Waals surface area contributed by atoms with E-state index in [2.05, 4.69) is 0 Å². The highest BCUT2D eigenvalue weighted by atomic mass is 35.5. The molecule has 11 heavy (non-hydrogen) atoms. The standard InChI is InChI=1S/C9H8ClS/c10-9-5-3-8(4-6-9)2-1-7-11/h1-6H,7H2. The van der Waals surface area contributed by atoms with Crippen LogP contribution in [0.15, 0.2) is 30.3 Å². The van der Waals surface area contributed by atoms with Gasteiger partial charge in [-0.2, -0.15) is 0 Å². The van der Waals surface area contributed by atoms with Gasteiger partial charge in [-0.3, -0.25) is 0 Å². The summed E-state index contributed by atoms with van der Waals surface area (Å²) in [5.74, 6) is 0.655. The Bertz CT molecular complexity index is 238. The van der Waals surface area contributed by atoms with Crippen LogP contribution in [0, 0.1) is 0 Å². The van der Waals surface area contributed by atoms with Crippen LogP contribution in [0.5, 0.6) is 0 Å². The number of hydrogen-bond donors (Lipinski definition) is 0. The Kier molecular flexibility index (Phi) is 3.53. The maximum atomic E-state index is 5.70. The molecule has 0 fully saturated rings. The van der Waals surface area contributed by atoms with Crippen LogP contribution >= 0.6 is 24.2 Å². The van der Waals surface area contributed by atoms with Crippen molar-refractivity contribution in [3.8, 4) is 0 Å². The molecule has 0 aliphatic carbocycles. The molecule has 0 aliphatic rings. The SMILES string of the molecule is [S]CC=Cc1ccc(Cl)cc1. The van der Waals surface area contributed by atoms with Crippen LogP contribution in [0.2, 0.25) is 5.02 Å². The molecule has 0 saturated heterocycles. The van der Waals surface area contributed by atoms with Gasteiger partial charge in [0.25, 0.3) is 0 Å². The largest absolute Gasteiger partial charge is 0.0897 e. The van der Waals surface area contributed by atoms with E-state index < -0.39 is 0 Å². The van der Waals surface area contributed by atoms with E-state index in [9.17, 15) is 0 Å².